The van der Waals surface area contributed by atoms with Crippen LogP contribution in [0.5, 0.6) is 0 Å². The van der Waals surface area contributed by atoms with E-state index in [2.05, 4.69) is 10.6 Å². The summed E-state index contributed by atoms with van der Waals surface area (Å²) < 4.78 is 27.4. The Balaban J connectivity index is 1.72. The molecule has 3 aromatic carbocycles. The Morgan fingerprint density at radius 3 is 2.11 bits per heavy atom. The van der Waals surface area contributed by atoms with Crippen molar-refractivity contribution in [1.29, 1.82) is 0 Å². The summed E-state index contributed by atoms with van der Waals surface area (Å²) in [5, 5.41) is 5.01. The largest absolute Gasteiger partial charge is 0.348 e. The average molecular weight is 380 g/mol. The lowest BCUT2D eigenvalue weighted by Gasteiger charge is -2.10. The minimum absolute atomic E-state index is 0.117. The van der Waals surface area contributed by atoms with Gasteiger partial charge in [0, 0.05) is 17.7 Å². The fourth-order valence-electron chi connectivity index (χ4n) is 2.69. The van der Waals surface area contributed by atoms with Crippen molar-refractivity contribution in [3.63, 3.8) is 0 Å². The first kappa shape index (κ1) is 19.2. The van der Waals surface area contributed by atoms with Crippen molar-refractivity contribution in [1.82, 2.24) is 5.32 Å². The van der Waals surface area contributed by atoms with E-state index in [1.807, 2.05) is 31.2 Å². The van der Waals surface area contributed by atoms with E-state index in [1.54, 1.807) is 6.07 Å². The minimum atomic E-state index is -0.875. The molecule has 0 saturated heterocycles. The Morgan fingerprint density at radius 1 is 0.821 bits per heavy atom. The van der Waals surface area contributed by atoms with Crippen LogP contribution in [0, 0.1) is 18.6 Å². The van der Waals surface area contributed by atoms with Gasteiger partial charge in [-0.25, -0.2) is 8.78 Å². The summed E-state index contributed by atoms with van der Waals surface area (Å²) in [4.78, 5) is 24.7. The molecule has 2 amide bonds. The molecular weight excluding hydrogens is 362 g/mol. The summed E-state index contributed by atoms with van der Waals surface area (Å²) >= 11 is 0. The number of benzene rings is 3. The zero-order valence-corrected chi connectivity index (χ0v) is 15.1. The molecule has 0 unspecified atom stereocenters. The van der Waals surface area contributed by atoms with E-state index in [0.29, 0.717) is 6.54 Å². The number of rotatable bonds is 5. The van der Waals surface area contributed by atoms with Gasteiger partial charge in [-0.2, -0.15) is 0 Å². The van der Waals surface area contributed by atoms with Crippen molar-refractivity contribution in [2.75, 3.05) is 5.32 Å². The van der Waals surface area contributed by atoms with Gasteiger partial charge in [0.25, 0.3) is 11.8 Å². The molecule has 3 aromatic rings. The highest BCUT2D eigenvalue weighted by Crippen LogP contribution is 2.19. The smallest absolute Gasteiger partial charge is 0.255 e. The first-order valence-electron chi connectivity index (χ1n) is 8.64. The first-order valence-corrected chi connectivity index (χ1v) is 8.64. The van der Waals surface area contributed by atoms with Gasteiger partial charge in [0.05, 0.1) is 0 Å². The zero-order chi connectivity index (χ0) is 20.1. The number of amides is 2. The van der Waals surface area contributed by atoms with Gasteiger partial charge in [-0.15, -0.1) is 0 Å². The monoisotopic (exact) mass is 380 g/mol. The molecule has 3 rings (SSSR count). The van der Waals surface area contributed by atoms with E-state index in [1.165, 1.54) is 24.3 Å². The van der Waals surface area contributed by atoms with Gasteiger partial charge < -0.3 is 10.6 Å². The summed E-state index contributed by atoms with van der Waals surface area (Å²) in [5.74, 6) is -2.81. The molecule has 28 heavy (non-hydrogen) atoms. The van der Waals surface area contributed by atoms with E-state index in [4.69, 9.17) is 0 Å². The van der Waals surface area contributed by atoms with Crippen LogP contribution in [-0.2, 0) is 6.54 Å². The molecule has 0 fully saturated rings. The standard InChI is InChI=1S/C22H18F2N2O2/c1-14-6-2-3-7-17(14)13-25-21(27)15-8-4-9-16(12-15)22(28)26-20-18(23)10-5-11-19(20)24/h2-12H,13H2,1H3,(H,25,27)(H,26,28). The van der Waals surface area contributed by atoms with E-state index in [-0.39, 0.29) is 17.0 Å². The second kappa shape index (κ2) is 8.43. The number of nitrogens with one attached hydrogen (secondary N) is 2. The Bertz CT molecular complexity index is 1010. The average Bonchev–Trinajstić information content (AvgIpc) is 2.70. The predicted molar refractivity (Wildman–Crippen MR) is 103 cm³/mol. The third-order valence-corrected chi connectivity index (χ3v) is 4.29. The number of anilines is 1. The lowest BCUT2D eigenvalue weighted by molar-refractivity contribution is 0.0951. The van der Waals surface area contributed by atoms with Crippen molar-refractivity contribution in [2.24, 2.45) is 0 Å². The molecule has 0 spiro atoms. The predicted octanol–water partition coefficient (Wildman–Crippen LogP) is 4.46. The summed E-state index contributed by atoms with van der Waals surface area (Å²) in [6.45, 7) is 2.30. The highest BCUT2D eigenvalue weighted by molar-refractivity contribution is 6.06. The topological polar surface area (TPSA) is 58.2 Å². The zero-order valence-electron chi connectivity index (χ0n) is 15.1. The Hall–Kier alpha value is -3.54. The molecule has 0 heterocycles. The fourth-order valence-corrected chi connectivity index (χ4v) is 2.69. The number of para-hydroxylation sites is 1. The van der Waals surface area contributed by atoms with Crippen molar-refractivity contribution in [3.8, 4) is 0 Å². The van der Waals surface area contributed by atoms with Crippen LogP contribution in [0.2, 0.25) is 0 Å². The lowest BCUT2D eigenvalue weighted by atomic mass is 10.1. The second-order valence-corrected chi connectivity index (χ2v) is 6.24. The summed E-state index contributed by atoms with van der Waals surface area (Å²) in [6.07, 6.45) is 0. The van der Waals surface area contributed by atoms with E-state index >= 15 is 0 Å². The van der Waals surface area contributed by atoms with Crippen molar-refractivity contribution < 1.29 is 18.4 Å². The highest BCUT2D eigenvalue weighted by Gasteiger charge is 2.15. The van der Waals surface area contributed by atoms with Crippen molar-refractivity contribution in [3.05, 3.63) is 101 Å². The van der Waals surface area contributed by atoms with E-state index in [0.717, 1.165) is 23.3 Å². The normalized spacial score (nSPS) is 10.4. The van der Waals surface area contributed by atoms with Gasteiger partial charge in [-0.1, -0.05) is 36.4 Å². The van der Waals surface area contributed by atoms with Gasteiger partial charge >= 0.3 is 0 Å². The van der Waals surface area contributed by atoms with Crippen LogP contribution in [0.1, 0.15) is 31.8 Å². The quantitative estimate of drug-likeness (QED) is 0.687. The highest BCUT2D eigenvalue weighted by atomic mass is 19.1. The maximum atomic E-state index is 13.7. The molecule has 4 nitrogen and oxygen atoms in total. The van der Waals surface area contributed by atoms with Gasteiger partial charge in [-0.3, -0.25) is 9.59 Å². The Labute approximate surface area is 161 Å². The summed E-state index contributed by atoms with van der Waals surface area (Å²) in [5.41, 5.74) is 1.91. The number of carbonyl (C=O) groups is 2. The molecule has 0 aliphatic rings. The maximum absolute atomic E-state index is 13.7. The molecule has 2 N–H and O–H groups in total. The minimum Gasteiger partial charge on any atom is -0.348 e. The second-order valence-electron chi connectivity index (χ2n) is 6.24. The lowest BCUT2D eigenvalue weighted by Crippen LogP contribution is -2.24. The van der Waals surface area contributed by atoms with Crippen molar-refractivity contribution >= 4 is 17.5 Å². The summed E-state index contributed by atoms with van der Waals surface area (Å²) in [6, 6.07) is 16.9. The molecular formula is C22H18F2N2O2. The van der Waals surface area contributed by atoms with Crippen LogP contribution in [0.3, 0.4) is 0 Å². The van der Waals surface area contributed by atoms with Gasteiger partial charge in [0.1, 0.15) is 17.3 Å². The van der Waals surface area contributed by atoms with Crippen LogP contribution in [-0.4, -0.2) is 11.8 Å². The molecule has 0 radical (unpaired) electrons. The third kappa shape index (κ3) is 4.40. The summed E-state index contributed by atoms with van der Waals surface area (Å²) in [7, 11) is 0. The Kier molecular flexibility index (Phi) is 5.79. The van der Waals surface area contributed by atoms with E-state index < -0.39 is 23.2 Å². The van der Waals surface area contributed by atoms with Crippen LogP contribution in [0.25, 0.3) is 0 Å². The van der Waals surface area contributed by atoms with Gasteiger partial charge in [0.15, 0.2) is 0 Å². The third-order valence-electron chi connectivity index (χ3n) is 4.29. The molecule has 0 aliphatic heterocycles. The number of hydrogen-bond donors (Lipinski definition) is 2. The van der Waals surface area contributed by atoms with Gasteiger partial charge in [-0.05, 0) is 48.4 Å². The number of hydrogen-bond acceptors (Lipinski definition) is 2. The van der Waals surface area contributed by atoms with Crippen LogP contribution in [0.15, 0.2) is 66.7 Å². The number of halogens is 2. The number of aryl methyl sites for hydroxylation is 1. The SMILES string of the molecule is Cc1ccccc1CNC(=O)c1cccc(C(=O)Nc2c(F)cccc2F)c1. The molecule has 0 atom stereocenters. The molecule has 0 saturated carbocycles. The van der Waals surface area contributed by atoms with Crippen molar-refractivity contribution in [2.45, 2.75) is 13.5 Å². The van der Waals surface area contributed by atoms with Gasteiger partial charge in [0.2, 0.25) is 0 Å². The number of carbonyl (C=O) groups excluding carboxylic acids is 2. The van der Waals surface area contributed by atoms with Crippen LogP contribution in [0.4, 0.5) is 14.5 Å². The van der Waals surface area contributed by atoms with Crippen LogP contribution >= 0.6 is 0 Å². The fraction of sp³-hybridized carbons (Fsp3) is 0.0909. The first-order chi connectivity index (χ1) is 13.5. The van der Waals surface area contributed by atoms with E-state index in [9.17, 15) is 18.4 Å². The molecule has 142 valence electrons. The molecule has 6 heteroatoms. The Morgan fingerprint density at radius 2 is 1.43 bits per heavy atom. The molecule has 0 aliphatic carbocycles. The molecule has 0 bridgehead atoms. The maximum Gasteiger partial charge on any atom is 0.255 e. The molecule has 0 aromatic heterocycles. The van der Waals surface area contributed by atoms with Crippen LogP contribution < -0.4 is 10.6 Å².